The van der Waals surface area contributed by atoms with Gasteiger partial charge in [0.05, 0.1) is 12.2 Å². The third-order valence-corrected chi connectivity index (χ3v) is 2.41. The molecule has 0 unspecified atom stereocenters. The van der Waals surface area contributed by atoms with E-state index in [9.17, 15) is 0 Å². The van der Waals surface area contributed by atoms with Crippen molar-refractivity contribution in [3.05, 3.63) is 29.2 Å². The smallest absolute Gasteiger partial charge is 0.164 e. The number of hydrogen-bond donors (Lipinski definition) is 1. The molecule has 0 aliphatic heterocycles. The fourth-order valence-corrected chi connectivity index (χ4v) is 1.52. The van der Waals surface area contributed by atoms with Gasteiger partial charge in [0.25, 0.3) is 0 Å². The highest BCUT2D eigenvalue weighted by Gasteiger charge is 2.08. The van der Waals surface area contributed by atoms with Crippen molar-refractivity contribution in [1.82, 2.24) is 25.2 Å². The molecule has 0 fully saturated rings. The molecule has 0 bridgehead atoms. The molecule has 2 heterocycles. The van der Waals surface area contributed by atoms with Gasteiger partial charge in [0, 0.05) is 19.2 Å². The van der Waals surface area contributed by atoms with Crippen LogP contribution in [0.25, 0.3) is 0 Å². The van der Waals surface area contributed by atoms with Crippen LogP contribution in [-0.2, 0) is 20.1 Å². The molecule has 2 aromatic rings. The van der Waals surface area contributed by atoms with Crippen LogP contribution in [0.4, 0.5) is 0 Å². The van der Waals surface area contributed by atoms with Crippen LogP contribution in [0.5, 0.6) is 0 Å². The lowest BCUT2D eigenvalue weighted by Gasteiger charge is -2.00. The van der Waals surface area contributed by atoms with Crippen molar-refractivity contribution in [3.63, 3.8) is 0 Å². The molecule has 0 spiro atoms. The van der Waals surface area contributed by atoms with E-state index in [0.717, 1.165) is 29.4 Å². The maximum atomic E-state index is 5.08. The molecule has 6 heteroatoms. The average molecular weight is 221 g/mol. The van der Waals surface area contributed by atoms with E-state index >= 15 is 0 Å². The van der Waals surface area contributed by atoms with Crippen molar-refractivity contribution in [2.45, 2.75) is 26.9 Å². The Morgan fingerprint density at radius 1 is 1.38 bits per heavy atom. The van der Waals surface area contributed by atoms with Gasteiger partial charge >= 0.3 is 0 Å². The molecule has 1 N–H and O–H groups in total. The van der Waals surface area contributed by atoms with Gasteiger partial charge in [0.15, 0.2) is 5.82 Å². The van der Waals surface area contributed by atoms with E-state index in [1.54, 1.807) is 11.0 Å². The van der Waals surface area contributed by atoms with Crippen LogP contribution in [0.1, 0.15) is 22.8 Å². The highest BCUT2D eigenvalue weighted by atomic mass is 16.5. The molecular weight excluding hydrogens is 206 g/mol. The Hall–Kier alpha value is -1.69. The topological polar surface area (TPSA) is 68.8 Å². The first kappa shape index (κ1) is 10.8. The summed E-state index contributed by atoms with van der Waals surface area (Å²) in [5.41, 5.74) is 2.04. The van der Waals surface area contributed by atoms with Crippen molar-refractivity contribution in [2.24, 2.45) is 7.05 Å². The zero-order chi connectivity index (χ0) is 11.5. The van der Waals surface area contributed by atoms with Crippen molar-refractivity contribution in [3.8, 4) is 0 Å². The quantitative estimate of drug-likeness (QED) is 0.823. The Morgan fingerprint density at radius 2 is 2.19 bits per heavy atom. The summed E-state index contributed by atoms with van der Waals surface area (Å²) in [6.07, 6.45) is 1.69. The van der Waals surface area contributed by atoms with E-state index in [2.05, 4.69) is 20.6 Å². The molecular formula is C10H15N5O. The predicted molar refractivity (Wildman–Crippen MR) is 57.5 cm³/mol. The average Bonchev–Trinajstić information content (AvgIpc) is 2.78. The Bertz CT molecular complexity index is 454. The normalized spacial score (nSPS) is 10.9. The van der Waals surface area contributed by atoms with Crippen molar-refractivity contribution < 1.29 is 4.52 Å². The number of hydrogen-bond acceptors (Lipinski definition) is 5. The second-order valence-electron chi connectivity index (χ2n) is 3.74. The molecule has 0 saturated heterocycles. The van der Waals surface area contributed by atoms with Crippen LogP contribution < -0.4 is 5.32 Å². The molecule has 0 aliphatic carbocycles. The Balaban J connectivity index is 1.89. The highest BCUT2D eigenvalue weighted by Crippen LogP contribution is 2.11. The van der Waals surface area contributed by atoms with Crippen LogP contribution in [0, 0.1) is 13.8 Å². The van der Waals surface area contributed by atoms with E-state index in [1.165, 1.54) is 0 Å². The lowest BCUT2D eigenvalue weighted by molar-refractivity contribution is 0.391. The number of rotatable bonds is 4. The largest absolute Gasteiger partial charge is 0.361 e. The molecule has 0 amide bonds. The van der Waals surface area contributed by atoms with Gasteiger partial charge in [-0.2, -0.15) is 5.10 Å². The second-order valence-corrected chi connectivity index (χ2v) is 3.74. The number of aromatic nitrogens is 4. The number of nitrogens with zero attached hydrogens (tertiary/aromatic N) is 4. The SMILES string of the molecule is Cc1noc(C)c1CNCc1ncn(C)n1. The molecule has 2 rings (SSSR count). The maximum absolute atomic E-state index is 5.08. The van der Waals surface area contributed by atoms with E-state index in [0.29, 0.717) is 6.54 Å². The molecule has 0 saturated carbocycles. The fourth-order valence-electron chi connectivity index (χ4n) is 1.52. The summed E-state index contributed by atoms with van der Waals surface area (Å²) >= 11 is 0. The van der Waals surface area contributed by atoms with Gasteiger partial charge in [0.2, 0.25) is 0 Å². The summed E-state index contributed by atoms with van der Waals surface area (Å²) in [6.45, 7) is 5.22. The predicted octanol–water partition coefficient (Wildman–Crippen LogP) is 0.710. The third-order valence-electron chi connectivity index (χ3n) is 2.41. The third kappa shape index (κ3) is 2.27. The zero-order valence-corrected chi connectivity index (χ0v) is 9.69. The van der Waals surface area contributed by atoms with Gasteiger partial charge in [-0.25, -0.2) is 4.98 Å². The van der Waals surface area contributed by atoms with Gasteiger partial charge in [-0.3, -0.25) is 4.68 Å². The number of nitrogens with one attached hydrogen (secondary N) is 1. The fraction of sp³-hybridized carbons (Fsp3) is 0.500. The Morgan fingerprint density at radius 3 is 2.75 bits per heavy atom. The summed E-state index contributed by atoms with van der Waals surface area (Å²) < 4.78 is 6.76. The molecule has 0 radical (unpaired) electrons. The van der Waals surface area contributed by atoms with Crippen LogP contribution in [0.3, 0.4) is 0 Å². The van der Waals surface area contributed by atoms with E-state index in [1.807, 2.05) is 20.9 Å². The minimum atomic E-state index is 0.644. The summed E-state index contributed by atoms with van der Waals surface area (Å²) in [5, 5.41) is 11.3. The van der Waals surface area contributed by atoms with Crippen molar-refractivity contribution >= 4 is 0 Å². The van der Waals surface area contributed by atoms with Gasteiger partial charge in [0.1, 0.15) is 12.1 Å². The lowest BCUT2D eigenvalue weighted by atomic mass is 10.2. The molecule has 86 valence electrons. The molecule has 0 aromatic carbocycles. The van der Waals surface area contributed by atoms with Crippen molar-refractivity contribution in [1.29, 1.82) is 0 Å². The van der Waals surface area contributed by atoms with Crippen LogP contribution in [-0.4, -0.2) is 19.9 Å². The maximum Gasteiger partial charge on any atom is 0.164 e. The Kier molecular flexibility index (Phi) is 3.00. The first-order valence-electron chi connectivity index (χ1n) is 5.14. The van der Waals surface area contributed by atoms with Gasteiger partial charge in [-0.1, -0.05) is 5.16 Å². The van der Waals surface area contributed by atoms with Gasteiger partial charge in [-0.15, -0.1) is 0 Å². The molecule has 2 aromatic heterocycles. The Labute approximate surface area is 93.7 Å². The van der Waals surface area contributed by atoms with E-state index in [-0.39, 0.29) is 0 Å². The first-order valence-corrected chi connectivity index (χ1v) is 5.14. The van der Waals surface area contributed by atoms with Crippen LogP contribution in [0.2, 0.25) is 0 Å². The van der Waals surface area contributed by atoms with Gasteiger partial charge < -0.3 is 9.84 Å². The van der Waals surface area contributed by atoms with Crippen LogP contribution in [0.15, 0.2) is 10.9 Å². The first-order chi connectivity index (χ1) is 7.66. The summed E-state index contributed by atoms with van der Waals surface area (Å²) in [7, 11) is 1.85. The van der Waals surface area contributed by atoms with Gasteiger partial charge in [-0.05, 0) is 13.8 Å². The second kappa shape index (κ2) is 4.44. The molecule has 6 nitrogen and oxygen atoms in total. The molecule has 16 heavy (non-hydrogen) atoms. The minimum Gasteiger partial charge on any atom is -0.361 e. The number of aryl methyl sites for hydroxylation is 3. The minimum absolute atomic E-state index is 0.644. The summed E-state index contributed by atoms with van der Waals surface area (Å²) in [4.78, 5) is 4.13. The van der Waals surface area contributed by atoms with Crippen LogP contribution >= 0.6 is 0 Å². The lowest BCUT2D eigenvalue weighted by Crippen LogP contribution is -2.14. The monoisotopic (exact) mass is 221 g/mol. The standard InChI is InChI=1S/C10H15N5O/c1-7-9(8(2)16-14-7)4-11-5-10-12-6-15(3)13-10/h6,11H,4-5H2,1-3H3. The summed E-state index contributed by atoms with van der Waals surface area (Å²) in [5.74, 6) is 1.65. The molecule has 0 atom stereocenters. The van der Waals surface area contributed by atoms with E-state index < -0.39 is 0 Å². The zero-order valence-electron chi connectivity index (χ0n) is 9.69. The van der Waals surface area contributed by atoms with Crippen molar-refractivity contribution in [2.75, 3.05) is 0 Å². The molecule has 0 aliphatic rings. The highest BCUT2D eigenvalue weighted by molar-refractivity contribution is 5.20. The summed E-state index contributed by atoms with van der Waals surface area (Å²) in [6, 6.07) is 0. The van der Waals surface area contributed by atoms with E-state index in [4.69, 9.17) is 4.52 Å².